The number of nitrogens with two attached hydrogens (primary N) is 1. The molecule has 0 bridgehead atoms. The first-order chi connectivity index (χ1) is 10.3. The van der Waals surface area contributed by atoms with Crippen LogP contribution < -0.4 is 20.5 Å². The van der Waals surface area contributed by atoms with Gasteiger partial charge in [-0.2, -0.15) is 0 Å². The Morgan fingerprint density at radius 2 is 1.71 bits per heavy atom. The SMILES string of the molecule is Nc1cc2c(cc1Nc1ccc(CCO)cc1)OCCO2. The lowest BCUT2D eigenvalue weighted by molar-refractivity contribution is 0.172. The van der Waals surface area contributed by atoms with Crippen LogP contribution in [0, 0.1) is 0 Å². The average Bonchev–Trinajstić information content (AvgIpc) is 2.50. The molecule has 0 atom stereocenters. The van der Waals surface area contributed by atoms with Gasteiger partial charge in [0.15, 0.2) is 11.5 Å². The third-order valence-corrected chi connectivity index (χ3v) is 3.35. The third-order valence-electron chi connectivity index (χ3n) is 3.35. The van der Waals surface area contributed by atoms with Crippen molar-refractivity contribution in [3.05, 3.63) is 42.0 Å². The van der Waals surface area contributed by atoms with Crippen molar-refractivity contribution in [2.24, 2.45) is 0 Å². The van der Waals surface area contributed by atoms with Gasteiger partial charge < -0.3 is 25.6 Å². The smallest absolute Gasteiger partial charge is 0.163 e. The number of hydrogen-bond acceptors (Lipinski definition) is 5. The maximum absolute atomic E-state index is 8.92. The summed E-state index contributed by atoms with van der Waals surface area (Å²) in [5.74, 6) is 1.39. The van der Waals surface area contributed by atoms with E-state index in [9.17, 15) is 0 Å². The van der Waals surface area contributed by atoms with Gasteiger partial charge in [0, 0.05) is 24.4 Å². The van der Waals surface area contributed by atoms with E-state index in [0.29, 0.717) is 36.8 Å². The fourth-order valence-corrected chi connectivity index (χ4v) is 2.25. The number of hydrogen-bond donors (Lipinski definition) is 3. The molecule has 110 valence electrons. The lowest BCUT2D eigenvalue weighted by atomic mass is 10.1. The molecule has 1 aliphatic heterocycles. The van der Waals surface area contributed by atoms with E-state index in [1.54, 1.807) is 6.07 Å². The normalized spacial score (nSPS) is 13.0. The molecular formula is C16H18N2O3. The summed E-state index contributed by atoms with van der Waals surface area (Å²) in [6.07, 6.45) is 0.659. The van der Waals surface area contributed by atoms with E-state index in [1.165, 1.54) is 0 Å². The minimum atomic E-state index is 0.155. The molecule has 0 amide bonds. The van der Waals surface area contributed by atoms with Crippen molar-refractivity contribution in [3.63, 3.8) is 0 Å². The van der Waals surface area contributed by atoms with Crippen molar-refractivity contribution in [2.75, 3.05) is 30.9 Å². The first-order valence-electron chi connectivity index (χ1n) is 6.92. The molecule has 3 rings (SSSR count). The van der Waals surface area contributed by atoms with E-state index in [2.05, 4.69) is 5.32 Å². The van der Waals surface area contributed by atoms with Gasteiger partial charge in [-0.05, 0) is 24.1 Å². The predicted octanol–water partition coefficient (Wildman–Crippen LogP) is 2.32. The summed E-state index contributed by atoms with van der Waals surface area (Å²) in [4.78, 5) is 0. The molecule has 0 saturated carbocycles. The molecule has 0 aromatic heterocycles. The number of nitrogen functional groups attached to an aromatic ring is 1. The van der Waals surface area contributed by atoms with Crippen LogP contribution in [0.4, 0.5) is 17.1 Å². The van der Waals surface area contributed by atoms with Crippen LogP contribution in [0.5, 0.6) is 11.5 Å². The highest BCUT2D eigenvalue weighted by atomic mass is 16.6. The highest BCUT2D eigenvalue weighted by Gasteiger charge is 2.14. The lowest BCUT2D eigenvalue weighted by Gasteiger charge is -2.20. The molecule has 5 nitrogen and oxygen atoms in total. The van der Waals surface area contributed by atoms with Gasteiger partial charge in [0.25, 0.3) is 0 Å². The summed E-state index contributed by atoms with van der Waals surface area (Å²) in [7, 11) is 0. The Bertz CT molecular complexity index is 626. The maximum Gasteiger partial charge on any atom is 0.163 e. The Hall–Kier alpha value is -2.40. The number of rotatable bonds is 4. The molecule has 0 saturated heterocycles. The van der Waals surface area contributed by atoms with Crippen LogP contribution in [0.2, 0.25) is 0 Å². The zero-order valence-electron chi connectivity index (χ0n) is 11.6. The van der Waals surface area contributed by atoms with Crippen LogP contribution >= 0.6 is 0 Å². The van der Waals surface area contributed by atoms with Gasteiger partial charge in [-0.15, -0.1) is 0 Å². The van der Waals surface area contributed by atoms with Crippen molar-refractivity contribution in [1.82, 2.24) is 0 Å². The van der Waals surface area contributed by atoms with Gasteiger partial charge in [-0.3, -0.25) is 0 Å². The average molecular weight is 286 g/mol. The fourth-order valence-electron chi connectivity index (χ4n) is 2.25. The minimum absolute atomic E-state index is 0.155. The molecule has 21 heavy (non-hydrogen) atoms. The van der Waals surface area contributed by atoms with Crippen LogP contribution in [0.15, 0.2) is 36.4 Å². The third kappa shape index (κ3) is 3.03. The quantitative estimate of drug-likeness (QED) is 0.752. The molecular weight excluding hydrogens is 268 g/mol. The largest absolute Gasteiger partial charge is 0.486 e. The molecule has 2 aromatic carbocycles. The number of benzene rings is 2. The van der Waals surface area contributed by atoms with E-state index in [4.69, 9.17) is 20.3 Å². The fraction of sp³-hybridized carbons (Fsp3) is 0.250. The molecule has 4 N–H and O–H groups in total. The zero-order valence-corrected chi connectivity index (χ0v) is 11.6. The zero-order chi connectivity index (χ0) is 14.7. The van der Waals surface area contributed by atoms with Crippen molar-refractivity contribution in [3.8, 4) is 11.5 Å². The van der Waals surface area contributed by atoms with E-state index >= 15 is 0 Å². The summed E-state index contributed by atoms with van der Waals surface area (Å²) < 4.78 is 11.1. The lowest BCUT2D eigenvalue weighted by Crippen LogP contribution is -2.15. The Kier molecular flexibility index (Phi) is 3.83. The van der Waals surface area contributed by atoms with Crippen LogP contribution in [0.1, 0.15) is 5.56 Å². The molecule has 5 heteroatoms. The molecule has 2 aromatic rings. The number of fused-ring (bicyclic) bond motifs is 1. The van der Waals surface area contributed by atoms with Crippen LogP contribution in [-0.2, 0) is 6.42 Å². The second-order valence-electron chi connectivity index (χ2n) is 4.88. The van der Waals surface area contributed by atoms with E-state index in [0.717, 1.165) is 16.9 Å². The number of anilines is 3. The monoisotopic (exact) mass is 286 g/mol. The molecule has 0 spiro atoms. The van der Waals surface area contributed by atoms with Crippen LogP contribution in [0.25, 0.3) is 0 Å². The Morgan fingerprint density at radius 1 is 1.05 bits per heavy atom. The second kappa shape index (κ2) is 5.93. The summed E-state index contributed by atoms with van der Waals surface area (Å²) in [6, 6.07) is 11.5. The second-order valence-corrected chi connectivity index (χ2v) is 4.88. The first kappa shape index (κ1) is 13.6. The topological polar surface area (TPSA) is 76.7 Å². The molecule has 0 unspecified atom stereocenters. The number of nitrogens with one attached hydrogen (secondary N) is 1. The van der Waals surface area contributed by atoms with Crippen molar-refractivity contribution in [2.45, 2.75) is 6.42 Å². The van der Waals surface area contributed by atoms with Crippen LogP contribution in [0.3, 0.4) is 0 Å². The van der Waals surface area contributed by atoms with Gasteiger partial charge in [0.1, 0.15) is 13.2 Å². The van der Waals surface area contributed by atoms with E-state index in [-0.39, 0.29) is 6.61 Å². The predicted molar refractivity (Wildman–Crippen MR) is 82.4 cm³/mol. The van der Waals surface area contributed by atoms with Gasteiger partial charge in [0.2, 0.25) is 0 Å². The first-order valence-corrected chi connectivity index (χ1v) is 6.92. The van der Waals surface area contributed by atoms with Crippen molar-refractivity contribution < 1.29 is 14.6 Å². The molecule has 0 fully saturated rings. The molecule has 0 aliphatic carbocycles. The van der Waals surface area contributed by atoms with Gasteiger partial charge in [-0.1, -0.05) is 12.1 Å². The van der Waals surface area contributed by atoms with E-state index in [1.807, 2.05) is 30.3 Å². The number of aliphatic hydroxyl groups excluding tert-OH is 1. The Balaban J connectivity index is 1.80. The van der Waals surface area contributed by atoms with Crippen molar-refractivity contribution in [1.29, 1.82) is 0 Å². The van der Waals surface area contributed by atoms with Gasteiger partial charge >= 0.3 is 0 Å². The molecule has 0 radical (unpaired) electrons. The maximum atomic E-state index is 8.92. The van der Waals surface area contributed by atoms with Crippen LogP contribution in [-0.4, -0.2) is 24.9 Å². The highest BCUT2D eigenvalue weighted by molar-refractivity contribution is 5.76. The van der Waals surface area contributed by atoms with Gasteiger partial charge in [-0.25, -0.2) is 0 Å². The standard InChI is InChI=1S/C16H18N2O3/c17-13-9-15-16(21-8-7-20-15)10-14(13)18-12-3-1-11(2-4-12)5-6-19/h1-4,9-10,18-19H,5-8,17H2. The summed E-state index contributed by atoms with van der Waals surface area (Å²) in [5, 5.41) is 12.2. The number of ether oxygens (including phenoxy) is 2. The Morgan fingerprint density at radius 3 is 2.38 bits per heavy atom. The number of aliphatic hydroxyl groups is 1. The minimum Gasteiger partial charge on any atom is -0.486 e. The summed E-state index contributed by atoms with van der Waals surface area (Å²) in [6.45, 7) is 1.25. The van der Waals surface area contributed by atoms with Crippen molar-refractivity contribution >= 4 is 17.1 Å². The summed E-state index contributed by atoms with van der Waals surface area (Å²) >= 11 is 0. The highest BCUT2D eigenvalue weighted by Crippen LogP contribution is 2.38. The Labute approximate surface area is 123 Å². The molecule has 1 aliphatic rings. The molecule has 1 heterocycles. The van der Waals surface area contributed by atoms with Gasteiger partial charge in [0.05, 0.1) is 11.4 Å². The van der Waals surface area contributed by atoms with E-state index < -0.39 is 0 Å². The summed E-state index contributed by atoms with van der Waals surface area (Å²) in [5.41, 5.74) is 9.46.